The van der Waals surface area contributed by atoms with Crippen LogP contribution in [-0.4, -0.2) is 15.9 Å². The second kappa shape index (κ2) is 4.85. The Hall–Kier alpha value is -1.76. The summed E-state index contributed by atoms with van der Waals surface area (Å²) in [6.45, 7) is 1.74. The van der Waals surface area contributed by atoms with Gasteiger partial charge in [0, 0.05) is 4.47 Å². The zero-order valence-corrected chi connectivity index (χ0v) is 10.9. The van der Waals surface area contributed by atoms with Crippen LogP contribution in [0.15, 0.2) is 27.9 Å². The molecule has 0 amide bonds. The molecular weight excluding hydrogens is 306 g/mol. The Morgan fingerprint density at radius 3 is 2.50 bits per heavy atom. The molecule has 0 aliphatic heterocycles. The maximum absolute atomic E-state index is 13.5. The molecule has 0 radical (unpaired) electrons. The van der Waals surface area contributed by atoms with Gasteiger partial charge in [0.05, 0.1) is 23.7 Å². The molecule has 0 aliphatic carbocycles. The van der Waals surface area contributed by atoms with Crippen LogP contribution in [0.25, 0.3) is 0 Å². The minimum absolute atomic E-state index is 0.154. The highest BCUT2D eigenvalue weighted by molar-refractivity contribution is 9.10. The average molecular weight is 315 g/mol. The molecular formula is C11H9BrF2N4. The fourth-order valence-electron chi connectivity index (χ4n) is 1.39. The lowest BCUT2D eigenvalue weighted by molar-refractivity contribution is 0.578. The molecule has 0 aliphatic rings. The highest BCUT2D eigenvalue weighted by atomic mass is 79.9. The molecule has 2 rings (SSSR count). The minimum atomic E-state index is -0.707. The standard InChI is InChI=1S/C11H9BrF2N4/c1-6-5-18(11(15)17-6)16-4-8-9(13)2-7(12)3-10(8)14/h2-5H,1H3,(H2,15,17). The van der Waals surface area contributed by atoms with E-state index in [1.165, 1.54) is 4.68 Å². The van der Waals surface area contributed by atoms with Crippen molar-refractivity contribution in [3.63, 3.8) is 0 Å². The number of aryl methyl sites for hydroxylation is 1. The summed E-state index contributed by atoms with van der Waals surface area (Å²) in [5.41, 5.74) is 5.98. The predicted molar refractivity (Wildman–Crippen MR) is 68.4 cm³/mol. The van der Waals surface area contributed by atoms with E-state index >= 15 is 0 Å². The van der Waals surface area contributed by atoms with Gasteiger partial charge in [-0.3, -0.25) is 0 Å². The number of nitrogen functional groups attached to an aromatic ring is 1. The number of halogens is 3. The summed E-state index contributed by atoms with van der Waals surface area (Å²) in [6, 6.07) is 2.32. The SMILES string of the molecule is Cc1cn(N=Cc2c(F)cc(Br)cc2F)c(N)n1. The number of anilines is 1. The van der Waals surface area contributed by atoms with Gasteiger partial charge < -0.3 is 5.73 Å². The van der Waals surface area contributed by atoms with Crippen molar-refractivity contribution < 1.29 is 8.78 Å². The van der Waals surface area contributed by atoms with Gasteiger partial charge in [0.2, 0.25) is 5.95 Å². The summed E-state index contributed by atoms with van der Waals surface area (Å²) in [5, 5.41) is 3.86. The zero-order valence-electron chi connectivity index (χ0n) is 9.36. The van der Waals surface area contributed by atoms with Crippen molar-refractivity contribution in [3.8, 4) is 0 Å². The van der Waals surface area contributed by atoms with E-state index in [1.807, 2.05) is 0 Å². The first-order chi connectivity index (χ1) is 8.47. The Kier molecular flexibility index (Phi) is 3.42. The summed E-state index contributed by atoms with van der Waals surface area (Å²) >= 11 is 3.00. The fourth-order valence-corrected chi connectivity index (χ4v) is 1.79. The first-order valence-corrected chi connectivity index (χ1v) is 5.77. The molecule has 94 valence electrons. The van der Waals surface area contributed by atoms with Gasteiger partial charge in [-0.2, -0.15) is 5.10 Å². The number of benzene rings is 1. The smallest absolute Gasteiger partial charge is 0.221 e. The highest BCUT2D eigenvalue weighted by Crippen LogP contribution is 2.18. The normalized spacial score (nSPS) is 11.3. The molecule has 4 nitrogen and oxygen atoms in total. The van der Waals surface area contributed by atoms with Crippen LogP contribution in [0.1, 0.15) is 11.3 Å². The molecule has 0 saturated heterocycles. The Morgan fingerprint density at radius 1 is 1.39 bits per heavy atom. The van der Waals surface area contributed by atoms with E-state index in [9.17, 15) is 8.78 Å². The average Bonchev–Trinajstić information content (AvgIpc) is 2.55. The third kappa shape index (κ3) is 2.56. The highest BCUT2D eigenvalue weighted by Gasteiger charge is 2.08. The monoisotopic (exact) mass is 314 g/mol. The zero-order chi connectivity index (χ0) is 13.3. The molecule has 0 unspecified atom stereocenters. The van der Waals surface area contributed by atoms with Crippen LogP contribution < -0.4 is 5.73 Å². The summed E-state index contributed by atoms with van der Waals surface area (Å²) < 4.78 is 28.6. The molecule has 7 heteroatoms. The fraction of sp³-hybridized carbons (Fsp3) is 0.0909. The van der Waals surface area contributed by atoms with Crippen LogP contribution in [0.3, 0.4) is 0 Å². The van der Waals surface area contributed by atoms with Crippen molar-refractivity contribution in [2.75, 3.05) is 5.73 Å². The second-order valence-corrected chi connectivity index (χ2v) is 4.53. The first-order valence-electron chi connectivity index (χ1n) is 4.97. The molecule has 2 N–H and O–H groups in total. The van der Waals surface area contributed by atoms with Crippen molar-refractivity contribution >= 4 is 28.1 Å². The number of nitrogens with zero attached hydrogens (tertiary/aromatic N) is 3. The number of hydrogen-bond acceptors (Lipinski definition) is 3. The third-order valence-electron chi connectivity index (χ3n) is 2.19. The van der Waals surface area contributed by atoms with Gasteiger partial charge in [-0.15, -0.1) is 0 Å². The van der Waals surface area contributed by atoms with E-state index in [-0.39, 0.29) is 11.5 Å². The van der Waals surface area contributed by atoms with Crippen LogP contribution >= 0.6 is 15.9 Å². The van der Waals surface area contributed by atoms with Crippen molar-refractivity contribution in [2.24, 2.45) is 5.10 Å². The van der Waals surface area contributed by atoms with Crippen LogP contribution in [0.2, 0.25) is 0 Å². The number of nitrogens with two attached hydrogens (primary N) is 1. The van der Waals surface area contributed by atoms with Crippen LogP contribution in [0.5, 0.6) is 0 Å². The molecule has 0 saturated carbocycles. The summed E-state index contributed by atoms with van der Waals surface area (Å²) in [6.07, 6.45) is 2.62. The van der Waals surface area contributed by atoms with E-state index in [0.29, 0.717) is 10.2 Å². The lowest BCUT2D eigenvalue weighted by Crippen LogP contribution is -1.99. The van der Waals surface area contributed by atoms with E-state index in [2.05, 4.69) is 26.0 Å². The molecule has 1 aromatic carbocycles. The second-order valence-electron chi connectivity index (χ2n) is 3.61. The Labute approximate surface area is 110 Å². The maximum atomic E-state index is 13.5. The summed E-state index contributed by atoms with van der Waals surface area (Å²) in [4.78, 5) is 3.91. The lowest BCUT2D eigenvalue weighted by Gasteiger charge is -2.00. The van der Waals surface area contributed by atoms with E-state index in [1.54, 1.807) is 13.1 Å². The quantitative estimate of drug-likeness (QED) is 0.866. The topological polar surface area (TPSA) is 56.2 Å². The van der Waals surface area contributed by atoms with E-state index < -0.39 is 11.6 Å². The van der Waals surface area contributed by atoms with E-state index in [4.69, 9.17) is 5.73 Å². The molecule has 0 fully saturated rings. The molecule has 0 bridgehead atoms. The van der Waals surface area contributed by atoms with E-state index in [0.717, 1.165) is 18.3 Å². The number of aromatic nitrogens is 2. The number of hydrogen-bond donors (Lipinski definition) is 1. The molecule has 18 heavy (non-hydrogen) atoms. The molecule has 0 spiro atoms. The van der Waals surface area contributed by atoms with Gasteiger partial charge in [0.15, 0.2) is 0 Å². The number of rotatable bonds is 2. The van der Waals surface area contributed by atoms with Gasteiger partial charge in [0.1, 0.15) is 11.6 Å². The van der Waals surface area contributed by atoms with Gasteiger partial charge in [-0.1, -0.05) is 15.9 Å². The van der Waals surface area contributed by atoms with Gasteiger partial charge >= 0.3 is 0 Å². The first kappa shape index (κ1) is 12.7. The van der Waals surface area contributed by atoms with Crippen molar-refractivity contribution in [1.82, 2.24) is 9.66 Å². The minimum Gasteiger partial charge on any atom is -0.368 e. The van der Waals surface area contributed by atoms with Crippen LogP contribution in [-0.2, 0) is 0 Å². The summed E-state index contributed by atoms with van der Waals surface area (Å²) in [7, 11) is 0. The molecule has 2 aromatic rings. The summed E-state index contributed by atoms with van der Waals surface area (Å²) in [5.74, 6) is -1.26. The molecule has 0 atom stereocenters. The Morgan fingerprint density at radius 2 is 2.00 bits per heavy atom. The van der Waals surface area contributed by atoms with Crippen molar-refractivity contribution in [2.45, 2.75) is 6.92 Å². The van der Waals surface area contributed by atoms with Crippen LogP contribution in [0.4, 0.5) is 14.7 Å². The molecule has 1 aromatic heterocycles. The lowest BCUT2D eigenvalue weighted by atomic mass is 10.2. The van der Waals surface area contributed by atoms with Gasteiger partial charge in [0.25, 0.3) is 0 Å². The third-order valence-corrected chi connectivity index (χ3v) is 2.65. The predicted octanol–water partition coefficient (Wildman–Crippen LogP) is 2.70. The van der Waals surface area contributed by atoms with Crippen molar-refractivity contribution in [3.05, 3.63) is 45.7 Å². The Balaban J connectivity index is 2.37. The largest absolute Gasteiger partial charge is 0.368 e. The van der Waals surface area contributed by atoms with Crippen molar-refractivity contribution in [1.29, 1.82) is 0 Å². The Bertz CT molecular complexity index is 598. The van der Waals surface area contributed by atoms with Crippen LogP contribution in [0, 0.1) is 18.6 Å². The van der Waals surface area contributed by atoms with Gasteiger partial charge in [-0.05, 0) is 19.1 Å². The number of imidazole rings is 1. The van der Waals surface area contributed by atoms with Gasteiger partial charge in [-0.25, -0.2) is 18.4 Å². The maximum Gasteiger partial charge on any atom is 0.221 e. The molecule has 1 heterocycles.